The first-order valence-corrected chi connectivity index (χ1v) is 6.10. The summed E-state index contributed by atoms with van der Waals surface area (Å²) in [5.74, 6) is 0. The molecule has 0 bridgehead atoms. The second-order valence-corrected chi connectivity index (χ2v) is 4.62. The van der Waals surface area contributed by atoms with Crippen LogP contribution >= 0.6 is 34.5 Å². The fourth-order valence-electron chi connectivity index (χ4n) is 1.36. The van der Waals surface area contributed by atoms with Crippen molar-refractivity contribution in [3.8, 4) is 10.6 Å². The lowest BCUT2D eigenvalue weighted by atomic mass is 10.1. The quantitative estimate of drug-likeness (QED) is 0.759. The van der Waals surface area contributed by atoms with Gasteiger partial charge in [0, 0.05) is 5.56 Å². The molecule has 2 nitrogen and oxygen atoms in total. The molecule has 2 rings (SSSR count). The van der Waals surface area contributed by atoms with Crippen molar-refractivity contribution in [2.45, 2.75) is 13.3 Å². The SMILES string of the molecule is CCc1c(Cl)ncnc1-c1sccc1Cl. The monoisotopic (exact) mass is 258 g/mol. The summed E-state index contributed by atoms with van der Waals surface area (Å²) < 4.78 is 0. The van der Waals surface area contributed by atoms with Crippen LogP contribution < -0.4 is 0 Å². The van der Waals surface area contributed by atoms with E-state index in [0.717, 1.165) is 22.6 Å². The second-order valence-electron chi connectivity index (χ2n) is 2.94. The molecule has 78 valence electrons. The average molecular weight is 259 g/mol. The third kappa shape index (κ3) is 2.00. The van der Waals surface area contributed by atoms with Crippen molar-refractivity contribution < 1.29 is 0 Å². The van der Waals surface area contributed by atoms with Gasteiger partial charge in [-0.15, -0.1) is 11.3 Å². The molecule has 0 aliphatic rings. The van der Waals surface area contributed by atoms with Gasteiger partial charge < -0.3 is 0 Å². The number of thiophene rings is 1. The zero-order chi connectivity index (χ0) is 10.8. The van der Waals surface area contributed by atoms with Crippen LogP contribution in [0.4, 0.5) is 0 Å². The molecular weight excluding hydrogens is 251 g/mol. The summed E-state index contributed by atoms with van der Waals surface area (Å²) in [5.41, 5.74) is 1.79. The Hall–Kier alpha value is -0.640. The van der Waals surface area contributed by atoms with E-state index < -0.39 is 0 Å². The number of rotatable bonds is 2. The van der Waals surface area contributed by atoms with Gasteiger partial charge in [-0.25, -0.2) is 9.97 Å². The van der Waals surface area contributed by atoms with Gasteiger partial charge in [0.1, 0.15) is 11.5 Å². The smallest absolute Gasteiger partial charge is 0.136 e. The molecule has 0 aliphatic carbocycles. The van der Waals surface area contributed by atoms with Crippen LogP contribution in [0, 0.1) is 0 Å². The van der Waals surface area contributed by atoms with E-state index in [4.69, 9.17) is 23.2 Å². The summed E-state index contributed by atoms with van der Waals surface area (Å²) in [4.78, 5) is 9.17. The Kier molecular flexibility index (Phi) is 3.24. The minimum atomic E-state index is 0.506. The molecule has 0 spiro atoms. The molecule has 15 heavy (non-hydrogen) atoms. The van der Waals surface area contributed by atoms with Crippen molar-refractivity contribution in [3.05, 3.63) is 33.5 Å². The Labute approximate surface area is 102 Å². The van der Waals surface area contributed by atoms with Gasteiger partial charge in [-0.05, 0) is 17.9 Å². The third-order valence-corrected chi connectivity index (χ3v) is 3.75. The van der Waals surface area contributed by atoms with Crippen molar-refractivity contribution in [2.24, 2.45) is 0 Å². The van der Waals surface area contributed by atoms with Gasteiger partial charge in [0.25, 0.3) is 0 Å². The van der Waals surface area contributed by atoms with Crippen molar-refractivity contribution in [1.29, 1.82) is 0 Å². The lowest BCUT2D eigenvalue weighted by Crippen LogP contribution is -1.94. The second kappa shape index (κ2) is 4.47. The molecule has 0 saturated heterocycles. The summed E-state index contributed by atoms with van der Waals surface area (Å²) in [6.07, 6.45) is 2.26. The number of aromatic nitrogens is 2. The van der Waals surface area contributed by atoms with Gasteiger partial charge in [0.2, 0.25) is 0 Å². The molecule has 0 atom stereocenters. The number of nitrogens with zero attached hydrogens (tertiary/aromatic N) is 2. The maximum Gasteiger partial charge on any atom is 0.136 e. The van der Waals surface area contributed by atoms with Gasteiger partial charge in [-0.2, -0.15) is 0 Å². The maximum atomic E-state index is 6.06. The minimum Gasteiger partial charge on any atom is -0.235 e. The highest BCUT2D eigenvalue weighted by atomic mass is 35.5. The van der Waals surface area contributed by atoms with E-state index in [-0.39, 0.29) is 0 Å². The molecule has 0 fully saturated rings. The molecule has 0 saturated carbocycles. The molecule has 0 radical (unpaired) electrons. The van der Waals surface area contributed by atoms with Crippen LogP contribution in [0.1, 0.15) is 12.5 Å². The molecule has 0 amide bonds. The first-order valence-electron chi connectivity index (χ1n) is 4.46. The zero-order valence-corrected chi connectivity index (χ0v) is 10.3. The third-order valence-electron chi connectivity index (χ3n) is 2.08. The zero-order valence-electron chi connectivity index (χ0n) is 8.00. The predicted molar refractivity (Wildman–Crippen MR) is 64.7 cm³/mol. The molecule has 0 aliphatic heterocycles. The molecule has 0 N–H and O–H groups in total. The Morgan fingerprint density at radius 2 is 2.13 bits per heavy atom. The highest BCUT2D eigenvalue weighted by molar-refractivity contribution is 7.14. The van der Waals surface area contributed by atoms with E-state index in [1.54, 1.807) is 11.3 Å². The molecule has 5 heteroatoms. The lowest BCUT2D eigenvalue weighted by molar-refractivity contribution is 1.05. The van der Waals surface area contributed by atoms with Crippen LogP contribution in [-0.4, -0.2) is 9.97 Å². The van der Waals surface area contributed by atoms with Crippen LogP contribution in [-0.2, 0) is 6.42 Å². The van der Waals surface area contributed by atoms with Crippen molar-refractivity contribution in [1.82, 2.24) is 9.97 Å². The van der Waals surface area contributed by atoms with E-state index in [1.165, 1.54) is 6.33 Å². The molecule has 2 aromatic heterocycles. The lowest BCUT2D eigenvalue weighted by Gasteiger charge is -2.05. The average Bonchev–Trinajstić information content (AvgIpc) is 2.64. The highest BCUT2D eigenvalue weighted by Gasteiger charge is 2.13. The van der Waals surface area contributed by atoms with Gasteiger partial charge in [-0.3, -0.25) is 0 Å². The van der Waals surface area contributed by atoms with Crippen LogP contribution in [0.3, 0.4) is 0 Å². The molecule has 2 aromatic rings. The number of hydrogen-bond acceptors (Lipinski definition) is 3. The summed E-state index contributed by atoms with van der Waals surface area (Å²) in [6, 6.07) is 1.86. The van der Waals surface area contributed by atoms with Crippen molar-refractivity contribution in [2.75, 3.05) is 0 Å². The van der Waals surface area contributed by atoms with Crippen LogP contribution in [0.2, 0.25) is 10.2 Å². The number of halogens is 2. The summed E-state index contributed by atoms with van der Waals surface area (Å²) in [6.45, 7) is 2.02. The fraction of sp³-hybridized carbons (Fsp3) is 0.200. The van der Waals surface area contributed by atoms with E-state index in [2.05, 4.69) is 9.97 Å². The first-order chi connectivity index (χ1) is 7.24. The predicted octanol–water partition coefficient (Wildman–Crippen LogP) is 4.07. The standard InChI is InChI=1S/C10H8Cl2N2S/c1-2-6-8(13-5-14-10(6)12)9-7(11)3-4-15-9/h3-5H,2H2,1H3. The Bertz CT molecular complexity index is 482. The minimum absolute atomic E-state index is 0.506. The van der Waals surface area contributed by atoms with Crippen molar-refractivity contribution in [3.63, 3.8) is 0 Å². The van der Waals surface area contributed by atoms with Crippen LogP contribution in [0.15, 0.2) is 17.8 Å². The van der Waals surface area contributed by atoms with E-state index in [0.29, 0.717) is 10.2 Å². The fourth-order valence-corrected chi connectivity index (χ4v) is 2.80. The van der Waals surface area contributed by atoms with Crippen LogP contribution in [0.5, 0.6) is 0 Å². The van der Waals surface area contributed by atoms with Crippen LogP contribution in [0.25, 0.3) is 10.6 Å². The first kappa shape index (κ1) is 10.9. The maximum absolute atomic E-state index is 6.06. The van der Waals surface area contributed by atoms with E-state index in [9.17, 15) is 0 Å². The molecular formula is C10H8Cl2N2S. The number of hydrogen-bond donors (Lipinski definition) is 0. The normalized spacial score (nSPS) is 10.6. The summed E-state index contributed by atoms with van der Waals surface area (Å²) in [7, 11) is 0. The Balaban J connectivity index is 2.63. The van der Waals surface area contributed by atoms with E-state index in [1.807, 2.05) is 18.4 Å². The van der Waals surface area contributed by atoms with Gasteiger partial charge >= 0.3 is 0 Å². The van der Waals surface area contributed by atoms with Crippen molar-refractivity contribution >= 4 is 34.5 Å². The van der Waals surface area contributed by atoms with E-state index >= 15 is 0 Å². The molecule has 0 aromatic carbocycles. The topological polar surface area (TPSA) is 25.8 Å². The Morgan fingerprint density at radius 1 is 1.33 bits per heavy atom. The van der Waals surface area contributed by atoms with Gasteiger partial charge in [-0.1, -0.05) is 30.1 Å². The van der Waals surface area contributed by atoms with Gasteiger partial charge in [0.05, 0.1) is 15.6 Å². The highest BCUT2D eigenvalue weighted by Crippen LogP contribution is 2.35. The van der Waals surface area contributed by atoms with Gasteiger partial charge in [0.15, 0.2) is 0 Å². The summed E-state index contributed by atoms with van der Waals surface area (Å²) >= 11 is 13.6. The molecule has 0 unspecified atom stereocenters. The largest absolute Gasteiger partial charge is 0.235 e. The Morgan fingerprint density at radius 3 is 2.73 bits per heavy atom. The molecule has 2 heterocycles. The summed E-state index contributed by atoms with van der Waals surface area (Å²) in [5, 5.41) is 3.16.